The number of aryl methyl sites for hydroxylation is 1. The Hall–Kier alpha value is -0.950. The van der Waals surface area contributed by atoms with Gasteiger partial charge in [-0.2, -0.15) is 0 Å². The Balaban J connectivity index is 2.95. The summed E-state index contributed by atoms with van der Waals surface area (Å²) in [6.45, 7) is 8.61. The van der Waals surface area contributed by atoms with Crippen LogP contribution in [0.1, 0.15) is 18.1 Å². The van der Waals surface area contributed by atoms with Gasteiger partial charge in [0, 0.05) is 5.88 Å². The van der Waals surface area contributed by atoms with Crippen LogP contribution >= 0.6 is 11.6 Å². The van der Waals surface area contributed by atoms with Crippen LogP contribution in [0.25, 0.3) is 5.57 Å². The van der Waals surface area contributed by atoms with E-state index in [1.54, 1.807) is 0 Å². The molecule has 0 unspecified atom stereocenters. The normalized spacial score (nSPS) is 9.93. The van der Waals surface area contributed by atoms with Gasteiger partial charge in [-0.1, -0.05) is 12.6 Å². The predicted molar refractivity (Wildman–Crippen MR) is 62.1 cm³/mol. The molecule has 76 valence electrons. The predicted octanol–water partition coefficient (Wildman–Crippen LogP) is 3.65. The van der Waals surface area contributed by atoms with E-state index in [1.165, 1.54) is 0 Å². The molecule has 1 aromatic carbocycles. The molecule has 0 N–H and O–H groups in total. The second-order valence-electron chi connectivity index (χ2n) is 3.15. The number of benzene rings is 1. The Kier molecular flexibility index (Phi) is 4.02. The number of allylic oxidation sites excluding steroid dienone is 1. The number of alkyl halides is 1. The fraction of sp³-hybridized carbons (Fsp3) is 0.333. The van der Waals surface area contributed by atoms with Crippen LogP contribution in [0.2, 0.25) is 0 Å². The number of halogens is 1. The van der Waals surface area contributed by atoms with Gasteiger partial charge in [-0.05, 0) is 42.7 Å². The molecule has 0 saturated carbocycles. The Bertz CT molecular complexity index is 331. The Labute approximate surface area is 90.3 Å². The fourth-order valence-corrected chi connectivity index (χ4v) is 1.51. The molecular formula is C12H15ClO. The van der Waals surface area contributed by atoms with Crippen molar-refractivity contribution in [2.75, 3.05) is 12.5 Å². The van der Waals surface area contributed by atoms with Gasteiger partial charge in [0.2, 0.25) is 0 Å². The molecule has 0 radical (unpaired) electrons. The van der Waals surface area contributed by atoms with Gasteiger partial charge >= 0.3 is 0 Å². The summed E-state index contributed by atoms with van der Waals surface area (Å²) in [7, 11) is 0. The van der Waals surface area contributed by atoms with E-state index >= 15 is 0 Å². The number of hydrogen-bond donors (Lipinski definition) is 0. The van der Waals surface area contributed by atoms with Gasteiger partial charge in [-0.15, -0.1) is 11.6 Å². The molecule has 0 aliphatic heterocycles. The van der Waals surface area contributed by atoms with E-state index in [4.69, 9.17) is 16.3 Å². The molecule has 1 rings (SSSR count). The summed E-state index contributed by atoms with van der Waals surface area (Å²) in [6.07, 6.45) is 0. The summed E-state index contributed by atoms with van der Waals surface area (Å²) in [5, 5.41) is 0. The van der Waals surface area contributed by atoms with Crippen molar-refractivity contribution in [3.63, 3.8) is 0 Å². The molecule has 0 saturated heterocycles. The maximum Gasteiger partial charge on any atom is 0.119 e. The number of ether oxygens (including phenoxy) is 1. The van der Waals surface area contributed by atoms with E-state index in [0.29, 0.717) is 12.5 Å². The lowest BCUT2D eigenvalue weighted by Crippen LogP contribution is -1.94. The molecular weight excluding hydrogens is 196 g/mol. The third kappa shape index (κ3) is 2.52. The molecule has 1 aromatic rings. The SMILES string of the molecule is C=C(CCl)c1ccc(OCC)cc1C. The zero-order valence-corrected chi connectivity index (χ0v) is 9.40. The van der Waals surface area contributed by atoms with Crippen LogP contribution in [0.15, 0.2) is 24.8 Å². The zero-order chi connectivity index (χ0) is 10.6. The molecule has 0 amide bonds. The molecule has 0 heterocycles. The maximum atomic E-state index is 5.73. The monoisotopic (exact) mass is 210 g/mol. The van der Waals surface area contributed by atoms with Gasteiger partial charge in [-0.25, -0.2) is 0 Å². The Morgan fingerprint density at radius 1 is 1.50 bits per heavy atom. The zero-order valence-electron chi connectivity index (χ0n) is 8.64. The second-order valence-corrected chi connectivity index (χ2v) is 3.41. The average molecular weight is 211 g/mol. The lowest BCUT2D eigenvalue weighted by Gasteiger charge is -2.09. The van der Waals surface area contributed by atoms with Crippen LogP contribution in [-0.4, -0.2) is 12.5 Å². The van der Waals surface area contributed by atoms with E-state index in [-0.39, 0.29) is 0 Å². The maximum absolute atomic E-state index is 5.73. The fourth-order valence-electron chi connectivity index (χ4n) is 1.36. The van der Waals surface area contributed by atoms with Crippen molar-refractivity contribution in [1.82, 2.24) is 0 Å². The number of hydrogen-bond acceptors (Lipinski definition) is 1. The van der Waals surface area contributed by atoms with Crippen LogP contribution in [-0.2, 0) is 0 Å². The van der Waals surface area contributed by atoms with E-state index in [0.717, 1.165) is 22.4 Å². The van der Waals surface area contributed by atoms with Gasteiger partial charge in [0.05, 0.1) is 6.61 Å². The van der Waals surface area contributed by atoms with Gasteiger partial charge in [0.25, 0.3) is 0 Å². The minimum absolute atomic E-state index is 0.467. The topological polar surface area (TPSA) is 9.23 Å². The molecule has 0 aromatic heterocycles. The van der Waals surface area contributed by atoms with Crippen molar-refractivity contribution in [3.05, 3.63) is 35.9 Å². The van der Waals surface area contributed by atoms with E-state index in [1.807, 2.05) is 32.0 Å². The van der Waals surface area contributed by atoms with E-state index in [2.05, 4.69) is 6.58 Å². The highest BCUT2D eigenvalue weighted by Crippen LogP contribution is 2.23. The molecule has 0 aliphatic carbocycles. The summed E-state index contributed by atoms with van der Waals surface area (Å²) in [5.74, 6) is 1.37. The average Bonchev–Trinajstić information content (AvgIpc) is 2.17. The standard InChI is InChI=1S/C12H15ClO/c1-4-14-11-5-6-12(9(2)7-11)10(3)8-13/h5-7H,3-4,8H2,1-2H3. The van der Waals surface area contributed by atoms with Gasteiger partial charge in [0.15, 0.2) is 0 Å². The summed E-state index contributed by atoms with van der Waals surface area (Å²) in [6, 6.07) is 5.96. The highest BCUT2D eigenvalue weighted by Gasteiger charge is 2.03. The molecule has 0 bridgehead atoms. The Morgan fingerprint density at radius 3 is 2.71 bits per heavy atom. The first kappa shape index (κ1) is 11.1. The first-order valence-corrected chi connectivity index (χ1v) is 5.20. The van der Waals surface area contributed by atoms with Crippen molar-refractivity contribution < 1.29 is 4.74 Å². The minimum Gasteiger partial charge on any atom is -0.494 e. The number of rotatable bonds is 4. The quantitative estimate of drug-likeness (QED) is 0.690. The summed E-state index contributed by atoms with van der Waals surface area (Å²) in [4.78, 5) is 0. The Morgan fingerprint density at radius 2 is 2.21 bits per heavy atom. The third-order valence-corrected chi connectivity index (χ3v) is 2.37. The molecule has 0 spiro atoms. The van der Waals surface area contributed by atoms with Crippen LogP contribution in [0.5, 0.6) is 5.75 Å². The molecule has 0 atom stereocenters. The van der Waals surface area contributed by atoms with Crippen molar-refractivity contribution in [3.8, 4) is 5.75 Å². The summed E-state index contributed by atoms with van der Waals surface area (Å²) in [5.41, 5.74) is 3.22. The highest BCUT2D eigenvalue weighted by molar-refractivity contribution is 6.23. The molecule has 14 heavy (non-hydrogen) atoms. The van der Waals surface area contributed by atoms with Crippen molar-refractivity contribution in [2.45, 2.75) is 13.8 Å². The van der Waals surface area contributed by atoms with Crippen molar-refractivity contribution in [1.29, 1.82) is 0 Å². The largest absolute Gasteiger partial charge is 0.494 e. The molecule has 0 fully saturated rings. The minimum atomic E-state index is 0.467. The second kappa shape index (κ2) is 5.06. The van der Waals surface area contributed by atoms with Crippen LogP contribution in [0.3, 0.4) is 0 Å². The van der Waals surface area contributed by atoms with Crippen LogP contribution < -0.4 is 4.74 Å². The summed E-state index contributed by atoms with van der Waals surface area (Å²) >= 11 is 5.73. The molecule has 2 heteroatoms. The summed E-state index contributed by atoms with van der Waals surface area (Å²) < 4.78 is 5.39. The first-order chi connectivity index (χ1) is 6.69. The van der Waals surface area contributed by atoms with E-state index in [9.17, 15) is 0 Å². The van der Waals surface area contributed by atoms with E-state index < -0.39 is 0 Å². The highest BCUT2D eigenvalue weighted by atomic mass is 35.5. The van der Waals surface area contributed by atoms with Gasteiger partial charge in [0.1, 0.15) is 5.75 Å². The first-order valence-electron chi connectivity index (χ1n) is 4.66. The van der Waals surface area contributed by atoms with Crippen molar-refractivity contribution >= 4 is 17.2 Å². The van der Waals surface area contributed by atoms with Crippen molar-refractivity contribution in [2.24, 2.45) is 0 Å². The lowest BCUT2D eigenvalue weighted by atomic mass is 10.0. The van der Waals surface area contributed by atoms with Gasteiger partial charge in [-0.3, -0.25) is 0 Å². The van der Waals surface area contributed by atoms with Crippen LogP contribution in [0.4, 0.5) is 0 Å². The van der Waals surface area contributed by atoms with Crippen LogP contribution in [0, 0.1) is 6.92 Å². The van der Waals surface area contributed by atoms with Gasteiger partial charge < -0.3 is 4.74 Å². The smallest absolute Gasteiger partial charge is 0.119 e. The third-order valence-electron chi connectivity index (χ3n) is 2.05. The molecule has 1 nitrogen and oxygen atoms in total. The lowest BCUT2D eigenvalue weighted by molar-refractivity contribution is 0.340. The molecule has 0 aliphatic rings.